The van der Waals surface area contributed by atoms with Crippen molar-refractivity contribution in [3.05, 3.63) is 70.2 Å². The number of hydrogen-bond donors (Lipinski definition) is 3. The van der Waals surface area contributed by atoms with Crippen molar-refractivity contribution in [2.45, 2.75) is 71.0 Å². The number of imidazole rings is 1. The molecule has 0 saturated carbocycles. The second kappa shape index (κ2) is 15.4. The van der Waals surface area contributed by atoms with E-state index >= 15 is 0 Å². The Morgan fingerprint density at radius 1 is 0.974 bits per heavy atom. The van der Waals surface area contributed by atoms with Gasteiger partial charge in [0, 0.05) is 17.0 Å². The van der Waals surface area contributed by atoms with E-state index in [4.69, 9.17) is 5.11 Å². The smallest absolute Gasteiger partial charge is 0.418 e. The number of carboxylic acid groups (broad SMARTS) is 1. The van der Waals surface area contributed by atoms with Crippen LogP contribution in [0.2, 0.25) is 0 Å². The summed E-state index contributed by atoms with van der Waals surface area (Å²) in [5, 5.41) is 14.5. The number of pyridine rings is 1. The van der Waals surface area contributed by atoms with Crippen LogP contribution in [0, 0.1) is 0 Å². The van der Waals surface area contributed by atoms with Crippen LogP contribution in [0.1, 0.15) is 79.3 Å². The highest BCUT2D eigenvalue weighted by atomic mass is 32.1. The zero-order valence-electron chi connectivity index (χ0n) is 22.1. The third kappa shape index (κ3) is 9.78. The number of hydrogen-bond acceptors (Lipinski definition) is 5. The number of fused-ring (bicyclic) bond motifs is 1. The Labute approximate surface area is 230 Å². The number of H-pyrrole nitrogens is 1. The van der Waals surface area contributed by atoms with Crippen LogP contribution in [-0.4, -0.2) is 32.6 Å². The molecule has 39 heavy (non-hydrogen) atoms. The summed E-state index contributed by atoms with van der Waals surface area (Å²) in [6, 6.07) is 13.5. The maximum atomic E-state index is 13.2. The number of nitrogens with zero attached hydrogens (tertiary/aromatic N) is 2. The van der Waals surface area contributed by atoms with E-state index in [1.807, 2.05) is 11.3 Å². The highest BCUT2D eigenvalue weighted by molar-refractivity contribution is 7.09. The highest BCUT2D eigenvalue weighted by Crippen LogP contribution is 2.36. The fraction of sp³-hybridized carbons (Fsp3) is 0.414. The minimum atomic E-state index is -4.66. The first-order valence-electron chi connectivity index (χ1n) is 13.3. The largest absolute Gasteiger partial charge is 0.475 e. The standard InChI is InChI=1S/C15H27NS.C14H8F3N3O2/c1-2-3-4-5-6-7-8-9-12-16-14-15-11-10-13-17-15;15-14(16,17)8-6-9(7-4-2-1-3-5-7)18-11-10(8)19-12(20-11)13(21)22/h10-11,13,16H,2-9,12,14H2,1H3;1-6H,(H,21,22)(H,18,19,20). The predicted octanol–water partition coefficient (Wildman–Crippen LogP) is 8.32. The lowest BCUT2D eigenvalue weighted by Crippen LogP contribution is -2.13. The third-order valence-electron chi connectivity index (χ3n) is 6.13. The van der Waals surface area contributed by atoms with Gasteiger partial charge in [0.15, 0.2) is 5.65 Å². The fourth-order valence-electron chi connectivity index (χ4n) is 4.08. The molecule has 0 saturated heterocycles. The molecule has 0 unspecified atom stereocenters. The molecule has 0 atom stereocenters. The van der Waals surface area contributed by atoms with Crippen molar-refractivity contribution in [1.82, 2.24) is 20.3 Å². The number of aromatic nitrogens is 3. The fourth-order valence-corrected chi connectivity index (χ4v) is 4.75. The maximum Gasteiger partial charge on any atom is 0.418 e. The zero-order valence-corrected chi connectivity index (χ0v) is 22.9. The molecule has 0 radical (unpaired) electrons. The van der Waals surface area contributed by atoms with Crippen LogP contribution in [0.15, 0.2) is 53.9 Å². The Bertz CT molecular complexity index is 1280. The molecule has 0 bridgehead atoms. The molecule has 4 rings (SSSR count). The third-order valence-corrected chi connectivity index (χ3v) is 7.00. The van der Waals surface area contributed by atoms with Crippen LogP contribution >= 0.6 is 11.3 Å². The first kappa shape index (κ1) is 30.3. The maximum absolute atomic E-state index is 13.2. The molecule has 1 aromatic carbocycles. The number of nitrogens with one attached hydrogen (secondary N) is 2. The summed E-state index contributed by atoms with van der Waals surface area (Å²) in [5.74, 6) is -2.04. The molecule has 3 aromatic heterocycles. The number of carbonyl (C=O) groups is 1. The minimum absolute atomic E-state index is 0.0730. The molecular formula is C29H35F3N4O2S. The van der Waals surface area contributed by atoms with Gasteiger partial charge in [-0.25, -0.2) is 14.8 Å². The lowest BCUT2D eigenvalue weighted by Gasteiger charge is -2.09. The van der Waals surface area contributed by atoms with E-state index in [0.717, 1.165) is 12.6 Å². The lowest BCUT2D eigenvalue weighted by atomic mass is 10.1. The average molecular weight is 561 g/mol. The van der Waals surface area contributed by atoms with Crippen LogP contribution in [0.5, 0.6) is 0 Å². The molecular weight excluding hydrogens is 525 g/mol. The summed E-state index contributed by atoms with van der Waals surface area (Å²) in [5.41, 5.74) is -1.18. The molecule has 10 heteroatoms. The summed E-state index contributed by atoms with van der Waals surface area (Å²) in [7, 11) is 0. The van der Waals surface area contributed by atoms with Crippen LogP contribution < -0.4 is 5.32 Å². The van der Waals surface area contributed by atoms with E-state index in [-0.39, 0.29) is 11.3 Å². The Morgan fingerprint density at radius 2 is 1.67 bits per heavy atom. The molecule has 210 valence electrons. The van der Waals surface area contributed by atoms with Gasteiger partial charge in [0.25, 0.3) is 0 Å². The quantitative estimate of drug-likeness (QED) is 0.143. The van der Waals surface area contributed by atoms with Gasteiger partial charge in [-0.05, 0) is 30.5 Å². The topological polar surface area (TPSA) is 90.9 Å². The molecule has 0 fully saturated rings. The van der Waals surface area contributed by atoms with E-state index < -0.39 is 29.1 Å². The van der Waals surface area contributed by atoms with Gasteiger partial charge >= 0.3 is 12.1 Å². The van der Waals surface area contributed by atoms with Crippen LogP contribution in [0.4, 0.5) is 13.2 Å². The molecule has 6 nitrogen and oxygen atoms in total. The average Bonchev–Trinajstić information content (AvgIpc) is 3.60. The normalized spacial score (nSPS) is 11.4. The lowest BCUT2D eigenvalue weighted by molar-refractivity contribution is -0.136. The number of unbranched alkanes of at least 4 members (excludes halogenated alkanes) is 7. The predicted molar refractivity (Wildman–Crippen MR) is 150 cm³/mol. The molecule has 3 heterocycles. The number of rotatable bonds is 13. The van der Waals surface area contributed by atoms with Crippen molar-refractivity contribution in [2.75, 3.05) is 6.54 Å². The van der Waals surface area contributed by atoms with Gasteiger partial charge in [-0.15, -0.1) is 11.3 Å². The second-order valence-electron chi connectivity index (χ2n) is 9.24. The Morgan fingerprint density at radius 3 is 2.28 bits per heavy atom. The number of halogens is 3. The van der Waals surface area contributed by atoms with Crippen molar-refractivity contribution in [3.63, 3.8) is 0 Å². The van der Waals surface area contributed by atoms with E-state index in [2.05, 4.69) is 44.7 Å². The van der Waals surface area contributed by atoms with E-state index in [1.165, 1.54) is 62.8 Å². The van der Waals surface area contributed by atoms with Gasteiger partial charge in [0.2, 0.25) is 5.82 Å². The van der Waals surface area contributed by atoms with Crippen molar-refractivity contribution >= 4 is 28.5 Å². The van der Waals surface area contributed by atoms with Crippen molar-refractivity contribution in [3.8, 4) is 11.3 Å². The number of benzene rings is 1. The van der Waals surface area contributed by atoms with Gasteiger partial charge < -0.3 is 15.4 Å². The molecule has 3 N–H and O–H groups in total. The van der Waals surface area contributed by atoms with E-state index in [9.17, 15) is 18.0 Å². The molecule has 0 spiro atoms. The van der Waals surface area contributed by atoms with E-state index in [1.54, 1.807) is 30.3 Å². The van der Waals surface area contributed by atoms with Gasteiger partial charge in [0.05, 0.1) is 16.8 Å². The highest BCUT2D eigenvalue weighted by Gasteiger charge is 2.35. The van der Waals surface area contributed by atoms with Crippen molar-refractivity contribution in [2.24, 2.45) is 0 Å². The molecule has 0 aliphatic carbocycles. The number of thiophene rings is 1. The Kier molecular flexibility index (Phi) is 11.9. The molecule has 0 aliphatic rings. The summed E-state index contributed by atoms with van der Waals surface area (Å²) in [6.45, 7) is 4.50. The van der Waals surface area contributed by atoms with Crippen molar-refractivity contribution in [1.29, 1.82) is 0 Å². The first-order chi connectivity index (χ1) is 18.8. The number of alkyl halides is 3. The number of aromatic carboxylic acids is 1. The van der Waals surface area contributed by atoms with Gasteiger partial charge in [-0.3, -0.25) is 0 Å². The molecule has 0 aliphatic heterocycles. The van der Waals surface area contributed by atoms with Crippen molar-refractivity contribution < 1.29 is 23.1 Å². The minimum Gasteiger partial charge on any atom is -0.475 e. The summed E-state index contributed by atoms with van der Waals surface area (Å²) in [6.07, 6.45) is 6.57. The molecule has 4 aromatic rings. The Balaban J connectivity index is 0.000000224. The summed E-state index contributed by atoms with van der Waals surface area (Å²) >= 11 is 1.84. The van der Waals surface area contributed by atoms with Crippen LogP contribution in [-0.2, 0) is 12.7 Å². The van der Waals surface area contributed by atoms with Gasteiger partial charge in [0.1, 0.15) is 0 Å². The zero-order chi connectivity index (χ0) is 28.1. The van der Waals surface area contributed by atoms with E-state index in [0.29, 0.717) is 5.56 Å². The molecule has 0 amide bonds. The number of carboxylic acids is 1. The van der Waals surface area contributed by atoms with Crippen LogP contribution in [0.3, 0.4) is 0 Å². The monoisotopic (exact) mass is 560 g/mol. The van der Waals surface area contributed by atoms with Gasteiger partial charge in [-0.2, -0.15) is 13.2 Å². The second-order valence-corrected chi connectivity index (χ2v) is 10.3. The first-order valence-corrected chi connectivity index (χ1v) is 14.2. The summed E-state index contributed by atoms with van der Waals surface area (Å²) in [4.78, 5) is 22.1. The Hall–Kier alpha value is -3.24. The SMILES string of the molecule is CCCCCCCCCCNCc1cccs1.O=C(O)c1nc2nc(-c3ccccc3)cc(C(F)(F)F)c2[nH]1. The van der Waals surface area contributed by atoms with Crippen LogP contribution in [0.25, 0.3) is 22.4 Å². The number of aromatic amines is 1. The van der Waals surface area contributed by atoms with Gasteiger partial charge in [-0.1, -0.05) is 88.3 Å². The summed E-state index contributed by atoms with van der Waals surface area (Å²) < 4.78 is 39.6.